The number of hydrogen-bond acceptors (Lipinski definition) is 2. The van der Waals surface area contributed by atoms with E-state index >= 15 is 0 Å². The Kier molecular flexibility index (Phi) is 7.39. The molecule has 0 unspecified atom stereocenters. The van der Waals surface area contributed by atoms with Crippen LogP contribution in [0, 0.1) is 0 Å². The molecule has 106 valence electrons. The predicted octanol–water partition coefficient (Wildman–Crippen LogP) is 1.75. The number of nitrogens with zero attached hydrogens (tertiary/aromatic N) is 4. The summed E-state index contributed by atoms with van der Waals surface area (Å²) in [5.41, 5.74) is 0. The van der Waals surface area contributed by atoms with E-state index in [9.17, 15) is 0 Å². The predicted molar refractivity (Wildman–Crippen MR) is 80.3 cm³/mol. The molecule has 0 saturated carbocycles. The van der Waals surface area contributed by atoms with Crippen molar-refractivity contribution in [2.45, 2.75) is 25.8 Å². The fourth-order valence-corrected chi connectivity index (χ4v) is 1.84. The molecule has 0 bridgehead atoms. The molecule has 0 radical (unpaired) electrons. The van der Waals surface area contributed by atoms with Crippen LogP contribution in [0.2, 0.25) is 0 Å². The molecule has 5 nitrogen and oxygen atoms in total. The molecular weight excluding hydrogens is 238 g/mol. The largest absolute Gasteiger partial charge is 0.356 e. The Balaban J connectivity index is 2.19. The van der Waals surface area contributed by atoms with Crippen molar-refractivity contribution in [2.75, 3.05) is 27.2 Å². The molecule has 1 aromatic heterocycles. The number of aryl methyl sites for hydroxylation is 1. The fraction of sp³-hybridized carbons (Fsp3) is 0.571. The van der Waals surface area contributed by atoms with Crippen molar-refractivity contribution in [3.05, 3.63) is 31.4 Å². The number of aliphatic imine (C=N–C) groups is 1. The molecule has 0 saturated heterocycles. The molecule has 0 aliphatic rings. The minimum absolute atomic E-state index is 0.913. The highest BCUT2D eigenvalue weighted by atomic mass is 15.3. The standard InChI is InChI=1S/C14H25N5/c1-4-5-6-10-18(3)14(15-2)17-8-7-11-19-12-9-16-13-19/h4,9,12-13H,1,5-8,10-11H2,2-3H3,(H,15,17). The second-order valence-corrected chi connectivity index (χ2v) is 4.48. The summed E-state index contributed by atoms with van der Waals surface area (Å²) in [6, 6.07) is 0. The van der Waals surface area contributed by atoms with Crippen molar-refractivity contribution in [1.29, 1.82) is 0 Å². The number of guanidine groups is 1. The first-order chi connectivity index (χ1) is 9.27. The number of hydrogen-bond donors (Lipinski definition) is 1. The van der Waals surface area contributed by atoms with Crippen LogP contribution >= 0.6 is 0 Å². The molecule has 1 rings (SSSR count). The third-order valence-electron chi connectivity index (χ3n) is 2.91. The number of unbranched alkanes of at least 4 members (excludes halogenated alkanes) is 1. The van der Waals surface area contributed by atoms with Gasteiger partial charge in [-0.1, -0.05) is 6.08 Å². The SMILES string of the molecule is C=CCCCN(C)C(=NC)NCCCn1ccnc1. The molecule has 0 aliphatic heterocycles. The normalized spacial score (nSPS) is 11.4. The van der Waals surface area contributed by atoms with Crippen LogP contribution in [0.4, 0.5) is 0 Å². The van der Waals surface area contributed by atoms with E-state index in [0.29, 0.717) is 0 Å². The van der Waals surface area contributed by atoms with Crippen LogP contribution in [-0.2, 0) is 6.54 Å². The smallest absolute Gasteiger partial charge is 0.193 e. The molecule has 19 heavy (non-hydrogen) atoms. The van der Waals surface area contributed by atoms with Crippen LogP contribution in [0.1, 0.15) is 19.3 Å². The van der Waals surface area contributed by atoms with E-state index in [1.165, 1.54) is 0 Å². The Morgan fingerprint density at radius 3 is 3.00 bits per heavy atom. The zero-order valence-corrected chi connectivity index (χ0v) is 12.0. The Hall–Kier alpha value is -1.78. The molecule has 0 atom stereocenters. The average molecular weight is 263 g/mol. The van der Waals surface area contributed by atoms with Gasteiger partial charge in [-0.15, -0.1) is 6.58 Å². The van der Waals surface area contributed by atoms with E-state index in [1.807, 2.05) is 25.6 Å². The van der Waals surface area contributed by atoms with Crippen molar-refractivity contribution < 1.29 is 0 Å². The van der Waals surface area contributed by atoms with Crippen LogP contribution in [0.5, 0.6) is 0 Å². The lowest BCUT2D eigenvalue weighted by molar-refractivity contribution is 0.467. The van der Waals surface area contributed by atoms with Crippen molar-refractivity contribution in [1.82, 2.24) is 19.8 Å². The van der Waals surface area contributed by atoms with Gasteiger partial charge in [0.05, 0.1) is 6.33 Å². The van der Waals surface area contributed by atoms with Crippen LogP contribution in [0.25, 0.3) is 0 Å². The zero-order valence-electron chi connectivity index (χ0n) is 12.0. The lowest BCUT2D eigenvalue weighted by Gasteiger charge is -2.21. The first-order valence-corrected chi connectivity index (χ1v) is 6.76. The van der Waals surface area contributed by atoms with Crippen LogP contribution < -0.4 is 5.32 Å². The third kappa shape index (κ3) is 6.08. The van der Waals surface area contributed by atoms with Gasteiger partial charge in [0.1, 0.15) is 0 Å². The molecule has 0 aliphatic carbocycles. The maximum absolute atomic E-state index is 4.29. The van der Waals surface area contributed by atoms with E-state index in [2.05, 4.69) is 38.4 Å². The topological polar surface area (TPSA) is 45.5 Å². The van der Waals surface area contributed by atoms with Gasteiger partial charge in [-0.05, 0) is 19.3 Å². The molecule has 0 aromatic carbocycles. The maximum Gasteiger partial charge on any atom is 0.193 e. The summed E-state index contributed by atoms with van der Waals surface area (Å²) < 4.78 is 2.08. The molecule has 1 heterocycles. The van der Waals surface area contributed by atoms with Gasteiger partial charge in [0, 0.05) is 46.1 Å². The summed E-state index contributed by atoms with van der Waals surface area (Å²) in [7, 11) is 3.89. The summed E-state index contributed by atoms with van der Waals surface area (Å²) in [4.78, 5) is 10.5. The highest BCUT2D eigenvalue weighted by Gasteiger charge is 2.03. The second-order valence-electron chi connectivity index (χ2n) is 4.48. The van der Waals surface area contributed by atoms with Crippen LogP contribution in [0.3, 0.4) is 0 Å². The molecule has 0 fully saturated rings. The van der Waals surface area contributed by atoms with Gasteiger partial charge in [-0.2, -0.15) is 0 Å². The summed E-state index contributed by atoms with van der Waals surface area (Å²) in [6.07, 6.45) is 10.8. The molecule has 0 amide bonds. The van der Waals surface area contributed by atoms with E-state index in [0.717, 1.165) is 44.9 Å². The van der Waals surface area contributed by atoms with Gasteiger partial charge < -0.3 is 14.8 Å². The van der Waals surface area contributed by atoms with E-state index in [-0.39, 0.29) is 0 Å². The molecule has 5 heteroatoms. The monoisotopic (exact) mass is 263 g/mol. The van der Waals surface area contributed by atoms with Gasteiger partial charge in [0.15, 0.2) is 5.96 Å². The molecule has 1 N–H and O–H groups in total. The summed E-state index contributed by atoms with van der Waals surface area (Å²) in [6.45, 7) is 6.62. The highest BCUT2D eigenvalue weighted by molar-refractivity contribution is 5.79. The van der Waals surface area contributed by atoms with Gasteiger partial charge in [0.25, 0.3) is 0 Å². The third-order valence-corrected chi connectivity index (χ3v) is 2.91. The molecule has 0 spiro atoms. The van der Waals surface area contributed by atoms with Crippen molar-refractivity contribution in [3.8, 4) is 0 Å². The van der Waals surface area contributed by atoms with Crippen LogP contribution in [0.15, 0.2) is 36.4 Å². The van der Waals surface area contributed by atoms with Gasteiger partial charge in [-0.25, -0.2) is 4.98 Å². The van der Waals surface area contributed by atoms with Crippen molar-refractivity contribution in [2.24, 2.45) is 4.99 Å². The minimum atomic E-state index is 0.913. The number of rotatable bonds is 8. The Morgan fingerprint density at radius 1 is 1.53 bits per heavy atom. The zero-order chi connectivity index (χ0) is 13.9. The average Bonchev–Trinajstić information content (AvgIpc) is 2.92. The first-order valence-electron chi connectivity index (χ1n) is 6.76. The van der Waals surface area contributed by atoms with E-state index in [1.54, 1.807) is 6.20 Å². The lowest BCUT2D eigenvalue weighted by Crippen LogP contribution is -2.39. The Morgan fingerprint density at radius 2 is 2.37 bits per heavy atom. The second kappa shape index (κ2) is 9.19. The van der Waals surface area contributed by atoms with E-state index < -0.39 is 0 Å². The fourth-order valence-electron chi connectivity index (χ4n) is 1.84. The Bertz CT molecular complexity index is 369. The first kappa shape index (κ1) is 15.3. The van der Waals surface area contributed by atoms with Crippen molar-refractivity contribution in [3.63, 3.8) is 0 Å². The lowest BCUT2D eigenvalue weighted by atomic mass is 10.3. The van der Waals surface area contributed by atoms with Crippen LogP contribution in [-0.4, -0.2) is 47.6 Å². The van der Waals surface area contributed by atoms with Gasteiger partial charge >= 0.3 is 0 Å². The number of allylic oxidation sites excluding steroid dienone is 1. The summed E-state index contributed by atoms with van der Waals surface area (Å²) >= 11 is 0. The van der Waals surface area contributed by atoms with Crippen molar-refractivity contribution >= 4 is 5.96 Å². The molecular formula is C14H25N5. The summed E-state index contributed by atoms with van der Waals surface area (Å²) in [5, 5.41) is 3.37. The number of imidazole rings is 1. The molecule has 1 aromatic rings. The summed E-state index contributed by atoms with van der Waals surface area (Å²) in [5.74, 6) is 0.953. The minimum Gasteiger partial charge on any atom is -0.356 e. The number of aromatic nitrogens is 2. The van der Waals surface area contributed by atoms with Gasteiger partial charge in [0.2, 0.25) is 0 Å². The van der Waals surface area contributed by atoms with E-state index in [4.69, 9.17) is 0 Å². The number of nitrogens with one attached hydrogen (secondary N) is 1. The van der Waals surface area contributed by atoms with Gasteiger partial charge in [-0.3, -0.25) is 4.99 Å². The maximum atomic E-state index is 4.29. The quantitative estimate of drug-likeness (QED) is 0.336. The Labute approximate surface area is 116 Å². The highest BCUT2D eigenvalue weighted by Crippen LogP contribution is 1.95.